The van der Waals surface area contributed by atoms with E-state index in [0.29, 0.717) is 59.5 Å². The number of aromatic nitrogens is 3. The van der Waals surface area contributed by atoms with Gasteiger partial charge in [-0.1, -0.05) is 42.1 Å². The number of nitrogens with zero attached hydrogens (tertiary/aromatic N) is 3. The van der Waals surface area contributed by atoms with Gasteiger partial charge in [-0.05, 0) is 38.5 Å². The highest BCUT2D eigenvalue weighted by atomic mass is 32.2. The van der Waals surface area contributed by atoms with Crippen molar-refractivity contribution in [3.8, 4) is 28.7 Å². The van der Waals surface area contributed by atoms with Crippen molar-refractivity contribution in [2.75, 3.05) is 19.8 Å². The predicted octanol–water partition coefficient (Wildman–Crippen LogP) is 6.27. The van der Waals surface area contributed by atoms with E-state index in [2.05, 4.69) is 27.7 Å². The van der Waals surface area contributed by atoms with Crippen molar-refractivity contribution in [2.45, 2.75) is 38.2 Å². The van der Waals surface area contributed by atoms with Crippen LogP contribution in [0.2, 0.25) is 0 Å². The lowest BCUT2D eigenvalue weighted by Gasteiger charge is -2.16. The Bertz CT molecular complexity index is 1170. The minimum atomic E-state index is 0.399. The number of hydrogen-bond donors (Lipinski definition) is 0. The van der Waals surface area contributed by atoms with Crippen LogP contribution < -0.4 is 14.2 Å². The Labute approximate surface area is 207 Å². The number of thioether (sulfide) groups is 1. The van der Waals surface area contributed by atoms with Crippen LogP contribution >= 0.6 is 23.1 Å². The van der Waals surface area contributed by atoms with Gasteiger partial charge in [-0.2, -0.15) is 0 Å². The third kappa shape index (κ3) is 6.09. The average molecular weight is 498 g/mol. The molecule has 2 aromatic heterocycles. The molecule has 4 aromatic rings. The van der Waals surface area contributed by atoms with Gasteiger partial charge in [-0.3, -0.25) is 0 Å². The van der Waals surface area contributed by atoms with Gasteiger partial charge in [-0.25, -0.2) is 4.98 Å². The van der Waals surface area contributed by atoms with E-state index in [1.54, 1.807) is 11.3 Å². The van der Waals surface area contributed by atoms with Crippen LogP contribution in [-0.4, -0.2) is 35.0 Å². The molecule has 0 aliphatic rings. The van der Waals surface area contributed by atoms with Gasteiger partial charge < -0.3 is 18.6 Å². The second-order valence-electron chi connectivity index (χ2n) is 7.16. The molecule has 7 nitrogen and oxygen atoms in total. The van der Waals surface area contributed by atoms with Crippen LogP contribution in [0.5, 0.6) is 17.2 Å². The summed E-state index contributed by atoms with van der Waals surface area (Å²) in [4.78, 5) is 4.74. The first-order chi connectivity index (χ1) is 16.7. The van der Waals surface area contributed by atoms with Crippen LogP contribution in [0.25, 0.3) is 11.5 Å². The minimum Gasteiger partial charge on any atom is -0.490 e. The first kappa shape index (κ1) is 24.1. The maximum absolute atomic E-state index is 5.92. The van der Waals surface area contributed by atoms with Crippen LogP contribution in [0.1, 0.15) is 37.0 Å². The molecule has 0 saturated heterocycles. The molecule has 0 aliphatic heterocycles. The summed E-state index contributed by atoms with van der Waals surface area (Å²) < 4.78 is 23.3. The van der Waals surface area contributed by atoms with Gasteiger partial charge in [0.2, 0.25) is 11.6 Å². The lowest BCUT2D eigenvalue weighted by molar-refractivity contribution is 0.261. The third-order valence-corrected chi connectivity index (χ3v) is 6.45. The average Bonchev–Trinajstić information content (AvgIpc) is 3.50. The minimum absolute atomic E-state index is 0.399. The monoisotopic (exact) mass is 497 g/mol. The quantitative estimate of drug-likeness (QED) is 0.212. The second-order valence-corrected chi connectivity index (χ2v) is 9.03. The fourth-order valence-corrected chi connectivity index (χ4v) is 4.89. The van der Waals surface area contributed by atoms with Gasteiger partial charge in [0.25, 0.3) is 5.22 Å². The third-order valence-electron chi connectivity index (χ3n) is 4.70. The first-order valence-corrected chi connectivity index (χ1v) is 13.1. The van der Waals surface area contributed by atoms with Crippen molar-refractivity contribution in [1.29, 1.82) is 0 Å². The van der Waals surface area contributed by atoms with E-state index in [0.717, 1.165) is 17.1 Å². The highest BCUT2D eigenvalue weighted by molar-refractivity contribution is 7.98. The van der Waals surface area contributed by atoms with Gasteiger partial charge in [0, 0.05) is 23.1 Å². The zero-order valence-corrected chi connectivity index (χ0v) is 21.1. The van der Waals surface area contributed by atoms with Crippen molar-refractivity contribution in [3.63, 3.8) is 0 Å². The lowest BCUT2D eigenvalue weighted by atomic mass is 10.2. The maximum atomic E-state index is 5.92. The summed E-state index contributed by atoms with van der Waals surface area (Å²) >= 11 is 3.13. The molecule has 0 bridgehead atoms. The van der Waals surface area contributed by atoms with E-state index in [1.165, 1.54) is 17.3 Å². The van der Waals surface area contributed by atoms with E-state index in [9.17, 15) is 0 Å². The highest BCUT2D eigenvalue weighted by Crippen LogP contribution is 2.42. The van der Waals surface area contributed by atoms with E-state index in [1.807, 2.05) is 51.1 Å². The van der Waals surface area contributed by atoms with E-state index in [-0.39, 0.29) is 0 Å². The summed E-state index contributed by atoms with van der Waals surface area (Å²) in [7, 11) is 0. The van der Waals surface area contributed by atoms with E-state index >= 15 is 0 Å². The smallest absolute Gasteiger partial charge is 0.277 e. The second kappa shape index (κ2) is 11.9. The number of benzene rings is 2. The number of rotatable bonds is 12. The number of hydrogen-bond acceptors (Lipinski definition) is 9. The van der Waals surface area contributed by atoms with E-state index < -0.39 is 0 Å². The van der Waals surface area contributed by atoms with Crippen molar-refractivity contribution < 1.29 is 18.6 Å². The molecule has 2 aromatic carbocycles. The Morgan fingerprint density at radius 1 is 0.912 bits per heavy atom. The molecule has 0 aliphatic carbocycles. The molecule has 0 N–H and O–H groups in total. The molecule has 0 fully saturated rings. The van der Waals surface area contributed by atoms with Gasteiger partial charge in [0.15, 0.2) is 11.5 Å². The molecule has 9 heteroatoms. The molecule has 0 atom stereocenters. The van der Waals surface area contributed by atoms with Gasteiger partial charge in [0.05, 0.1) is 30.5 Å². The molecule has 0 unspecified atom stereocenters. The molecule has 4 rings (SSSR count). The summed E-state index contributed by atoms with van der Waals surface area (Å²) in [6, 6.07) is 14.0. The zero-order valence-electron chi connectivity index (χ0n) is 19.4. The fourth-order valence-electron chi connectivity index (χ4n) is 3.30. The van der Waals surface area contributed by atoms with Crippen LogP contribution in [0.15, 0.2) is 57.5 Å². The van der Waals surface area contributed by atoms with Crippen molar-refractivity contribution >= 4 is 23.1 Å². The summed E-state index contributed by atoms with van der Waals surface area (Å²) in [6.45, 7) is 7.28. The van der Waals surface area contributed by atoms with Gasteiger partial charge >= 0.3 is 0 Å². The summed E-state index contributed by atoms with van der Waals surface area (Å²) in [5.41, 5.74) is 2.97. The van der Waals surface area contributed by atoms with Gasteiger partial charge in [-0.15, -0.1) is 21.5 Å². The molecule has 34 heavy (non-hydrogen) atoms. The Balaban J connectivity index is 1.46. The number of ether oxygens (including phenoxy) is 3. The Morgan fingerprint density at radius 2 is 1.62 bits per heavy atom. The van der Waals surface area contributed by atoms with Crippen LogP contribution in [-0.2, 0) is 12.2 Å². The maximum Gasteiger partial charge on any atom is 0.277 e. The van der Waals surface area contributed by atoms with Crippen molar-refractivity contribution in [3.05, 3.63) is 64.1 Å². The molecule has 178 valence electrons. The SMILES string of the molecule is CCOc1cc(-c2nnc(SCc3csc(Cc4ccccc4)n3)o2)cc(OCC)c1OCC. The first-order valence-electron chi connectivity index (χ1n) is 11.2. The molecular formula is C25H27N3O4S2. The molecule has 0 spiro atoms. The topological polar surface area (TPSA) is 79.5 Å². The molecular weight excluding hydrogens is 470 g/mol. The fraction of sp³-hybridized carbons (Fsp3) is 0.320. The molecule has 0 saturated carbocycles. The summed E-state index contributed by atoms with van der Waals surface area (Å²) in [6.07, 6.45) is 0.836. The largest absolute Gasteiger partial charge is 0.490 e. The van der Waals surface area contributed by atoms with Crippen molar-refractivity contribution in [2.24, 2.45) is 0 Å². The lowest BCUT2D eigenvalue weighted by Crippen LogP contribution is -2.03. The Kier molecular flexibility index (Phi) is 8.43. The van der Waals surface area contributed by atoms with Crippen LogP contribution in [0, 0.1) is 0 Å². The molecule has 0 amide bonds. The highest BCUT2D eigenvalue weighted by Gasteiger charge is 2.19. The summed E-state index contributed by atoms with van der Waals surface area (Å²) in [5, 5.41) is 12.1. The normalized spacial score (nSPS) is 10.9. The van der Waals surface area contributed by atoms with E-state index in [4.69, 9.17) is 23.6 Å². The van der Waals surface area contributed by atoms with Crippen LogP contribution in [0.3, 0.4) is 0 Å². The van der Waals surface area contributed by atoms with Gasteiger partial charge in [0.1, 0.15) is 0 Å². The van der Waals surface area contributed by atoms with Crippen molar-refractivity contribution in [1.82, 2.24) is 15.2 Å². The van der Waals surface area contributed by atoms with Crippen LogP contribution in [0.4, 0.5) is 0 Å². The zero-order chi connectivity index (χ0) is 23.8. The molecule has 2 heterocycles. The number of thiazole rings is 1. The Hall–Kier alpha value is -3.04. The predicted molar refractivity (Wildman–Crippen MR) is 134 cm³/mol. The summed E-state index contributed by atoms with van der Waals surface area (Å²) in [5.74, 6) is 2.82. The molecule has 0 radical (unpaired) electrons. The standard InChI is InChI=1S/C25H27N3O4S2/c1-4-29-20-13-18(14-21(30-5-2)23(20)31-6-3)24-27-28-25(32-24)34-16-19-15-33-22(26-19)12-17-10-8-7-9-11-17/h7-11,13-15H,4-6,12,16H2,1-3H3. The Morgan fingerprint density at radius 3 is 2.29 bits per heavy atom.